The van der Waals surface area contributed by atoms with Crippen LogP contribution in [0.4, 0.5) is 0 Å². The lowest BCUT2D eigenvalue weighted by Gasteiger charge is -2.50. The number of ether oxygens (including phenoxy) is 14. The van der Waals surface area contributed by atoms with Gasteiger partial charge >= 0.3 is 0 Å². The molecule has 21 aliphatic rings. The Hall–Kier alpha value is -2.09. The zero-order valence-electron chi connectivity index (χ0n) is 46.4. The van der Waals surface area contributed by atoms with E-state index in [9.17, 15) is 102 Å². The summed E-state index contributed by atoms with van der Waals surface area (Å²) >= 11 is 1.16. The molecule has 21 aliphatic heterocycles. The summed E-state index contributed by atoms with van der Waals surface area (Å²) in [5, 5.41) is 213. The number of Topliss-reactive ketones (excluding diaryl/α,β-unsaturated/α-hetero) is 1. The molecule has 87 heavy (non-hydrogen) atoms. The quantitative estimate of drug-likeness (QED) is 0.0816. The zero-order valence-corrected chi connectivity index (χ0v) is 47.2. The standard InChI is InChI=1S/C50H80N2O34S/c1-14-37-23(59)30(66)44(73-14)81-38-17(7-53)75-46(32(68)25(38)61)83-40-19(9-55)76-47(33(69)26(40)62)84-41-20(10-56)78-49(35(71)28(41)64)86-43-22(12-87-4-2-3-16(58)5-15-6-51-13-52-15)79-50(36(72)29(43)65)85-42-21(11-57)77-48(34(70)27(42)63)82-39-18(8-54)74-45(80-37)31(67)24(39)60/h6,13-14,17-50,53-57,59-72H,2-5,7-12H2,1H3,(H,51,52)/t14?,17?,18?,19?,20?,21?,22?,23-,24-,25-,26-,27-,28-,29-,30?,31?,32?,33?,34?,35?,36?,37-,38-,39-,40-,41-,42-,43-,44+,45+,46-,47-,48+,49-,50-/m1/s1. The molecule has 1 aromatic rings. The Morgan fingerprint density at radius 1 is 0.402 bits per heavy atom. The second-order valence-electron chi connectivity index (χ2n) is 22.4. The first kappa shape index (κ1) is 69.3. The number of hydrogen-bond acceptors (Lipinski definition) is 36. The molecule has 20 N–H and O–H groups in total. The molecule has 35 atom stereocenters. The highest BCUT2D eigenvalue weighted by atomic mass is 32.2. The molecule has 0 radical (unpaired) electrons. The van der Waals surface area contributed by atoms with Crippen LogP contribution in [0.25, 0.3) is 0 Å². The van der Waals surface area contributed by atoms with Gasteiger partial charge in [0.2, 0.25) is 0 Å². The van der Waals surface area contributed by atoms with Crippen molar-refractivity contribution in [3.8, 4) is 0 Å². The SMILES string of the molecule is CC1O[C@H]2O[C@@H]3C(CO)O[C@H](O[C@@H]4C(CO)O[C@H](O[C@@H]5C(CO)O[C@H](O[C@@H]6C(CSCCCC(=O)Cc7cnc[nH]7)O[C@H](O[C@@H]7C(CO)O[C@@H](O[C@@H]8C(CO)O[C@@H](O[C@H]1[C@H](O)C2O)C(O)[C@H]8O)C(O)[C@H]7O)C(O)[C@H]6O)C(O)[C@H]5O)C(O)[C@H]4O)C(O)[C@H]3O. The molecule has 0 saturated carbocycles. The van der Waals surface area contributed by atoms with Crippen molar-refractivity contribution in [3.05, 3.63) is 18.2 Å². The third-order valence-corrected chi connectivity index (χ3v) is 17.7. The van der Waals surface area contributed by atoms with Gasteiger partial charge in [-0.2, -0.15) is 11.8 Å². The lowest BCUT2D eigenvalue weighted by molar-refractivity contribution is -0.395. The molecule has 0 aromatic carbocycles. The molecule has 1 aromatic heterocycles. The number of imidazole rings is 1. The van der Waals surface area contributed by atoms with Gasteiger partial charge in [0, 0.05) is 30.5 Å². The number of aliphatic hydroxyl groups is 19. The Labute approximate surface area is 498 Å². The van der Waals surface area contributed by atoms with E-state index in [1.54, 1.807) is 0 Å². The highest BCUT2D eigenvalue weighted by Gasteiger charge is 2.59. The first-order chi connectivity index (χ1) is 41.5. The van der Waals surface area contributed by atoms with E-state index >= 15 is 0 Å². The third-order valence-electron chi connectivity index (χ3n) is 16.5. The molecule has 0 aliphatic carbocycles. The average Bonchev–Trinajstić information content (AvgIpc) is 1.37. The zero-order chi connectivity index (χ0) is 62.9. The molecule has 36 nitrogen and oxygen atoms in total. The van der Waals surface area contributed by atoms with E-state index < -0.39 is 248 Å². The van der Waals surface area contributed by atoms with Crippen LogP contribution in [0, 0.1) is 0 Å². The van der Waals surface area contributed by atoms with Crippen LogP contribution in [0.1, 0.15) is 25.5 Å². The number of aliphatic hydroxyl groups excluding tert-OH is 19. The maximum absolute atomic E-state index is 12.7. The molecule has 500 valence electrons. The van der Waals surface area contributed by atoms with Gasteiger partial charge in [0.15, 0.2) is 44.0 Å². The van der Waals surface area contributed by atoms with Crippen LogP contribution < -0.4 is 0 Å². The maximum atomic E-state index is 12.7. The highest BCUT2D eigenvalue weighted by molar-refractivity contribution is 7.99. The van der Waals surface area contributed by atoms with Gasteiger partial charge in [-0.05, 0) is 19.1 Å². The third kappa shape index (κ3) is 14.8. The second kappa shape index (κ2) is 30.3. The number of nitrogens with one attached hydrogen (secondary N) is 1. The van der Waals surface area contributed by atoms with Gasteiger partial charge in [-0.3, -0.25) is 4.79 Å². The van der Waals surface area contributed by atoms with Crippen LogP contribution in [-0.2, 0) is 77.5 Å². The summed E-state index contributed by atoms with van der Waals surface area (Å²) in [4.78, 5) is 19.4. The molecule has 0 amide bonds. The summed E-state index contributed by atoms with van der Waals surface area (Å²) in [5.41, 5.74) is 0.598. The lowest BCUT2D eigenvalue weighted by Crippen LogP contribution is -2.68. The number of nitrogens with zero attached hydrogens (tertiary/aromatic N) is 1. The van der Waals surface area contributed by atoms with Crippen LogP contribution in [0.3, 0.4) is 0 Å². The van der Waals surface area contributed by atoms with E-state index in [0.717, 1.165) is 11.8 Å². The van der Waals surface area contributed by atoms with Crippen LogP contribution in [0.2, 0.25) is 0 Å². The van der Waals surface area contributed by atoms with Crippen molar-refractivity contribution in [3.63, 3.8) is 0 Å². The number of aromatic amines is 1. The van der Waals surface area contributed by atoms with E-state index in [1.165, 1.54) is 19.4 Å². The summed E-state index contributed by atoms with van der Waals surface area (Å²) in [6.45, 7) is -3.78. The van der Waals surface area contributed by atoms with E-state index in [1.807, 2.05) is 0 Å². The maximum Gasteiger partial charge on any atom is 0.187 e. The van der Waals surface area contributed by atoms with Gasteiger partial charge in [-0.15, -0.1) is 0 Å². The normalized spacial score (nSPS) is 50.3. The van der Waals surface area contributed by atoms with Crippen molar-refractivity contribution in [1.29, 1.82) is 0 Å². The first-order valence-electron chi connectivity index (χ1n) is 28.3. The van der Waals surface area contributed by atoms with Crippen LogP contribution >= 0.6 is 11.8 Å². The number of aromatic nitrogens is 2. The van der Waals surface area contributed by atoms with Crippen molar-refractivity contribution < 1.29 is 168 Å². The molecule has 21 saturated heterocycles. The second-order valence-corrected chi connectivity index (χ2v) is 23.6. The fourth-order valence-electron chi connectivity index (χ4n) is 11.6. The molecule has 21 fully saturated rings. The van der Waals surface area contributed by atoms with Crippen LogP contribution in [0.5, 0.6) is 0 Å². The largest absolute Gasteiger partial charge is 0.394 e. The van der Waals surface area contributed by atoms with Crippen LogP contribution in [-0.4, -0.2) is 372 Å². The highest BCUT2D eigenvalue weighted by Crippen LogP contribution is 2.39. The predicted octanol–water partition coefficient (Wildman–Crippen LogP) is -12.1. The van der Waals surface area contributed by atoms with Crippen molar-refractivity contribution >= 4 is 17.5 Å². The number of thioether (sulfide) groups is 1. The fourth-order valence-corrected chi connectivity index (χ4v) is 12.6. The van der Waals surface area contributed by atoms with Gasteiger partial charge in [0.05, 0.1) is 51.6 Å². The van der Waals surface area contributed by atoms with Crippen molar-refractivity contribution in [2.45, 2.75) is 241 Å². The summed E-state index contributed by atoms with van der Waals surface area (Å²) < 4.78 is 81.8. The molecule has 14 bridgehead atoms. The Kier molecular flexibility index (Phi) is 24.1. The molecule has 14 unspecified atom stereocenters. The summed E-state index contributed by atoms with van der Waals surface area (Å²) in [6.07, 6.45) is -64.2. The number of hydrogen-bond donors (Lipinski definition) is 20. The van der Waals surface area contributed by atoms with Gasteiger partial charge in [0.1, 0.15) is 164 Å². The van der Waals surface area contributed by atoms with E-state index in [0.29, 0.717) is 12.1 Å². The van der Waals surface area contributed by atoms with Crippen LogP contribution in [0.15, 0.2) is 12.5 Å². The minimum atomic E-state index is -2.19. The molecule has 22 heterocycles. The molecule has 37 heteroatoms. The van der Waals surface area contributed by atoms with Gasteiger partial charge < -0.3 is 168 Å². The number of rotatable bonds is 13. The number of H-pyrrole nitrogens is 1. The Morgan fingerprint density at radius 2 is 0.678 bits per heavy atom. The smallest absolute Gasteiger partial charge is 0.187 e. The molecular formula is C50H80N2O34S. The number of carbonyl (C=O) groups is 1. The van der Waals surface area contributed by atoms with Gasteiger partial charge in [-0.1, -0.05) is 0 Å². The number of carbonyl (C=O) groups excluding carboxylic acids is 1. The summed E-state index contributed by atoms with van der Waals surface area (Å²) in [7, 11) is 0. The van der Waals surface area contributed by atoms with E-state index in [-0.39, 0.29) is 30.1 Å². The first-order valence-corrected chi connectivity index (χ1v) is 29.5. The van der Waals surface area contributed by atoms with Gasteiger partial charge in [-0.25, -0.2) is 4.98 Å². The topological polar surface area (TPSA) is 559 Å². The van der Waals surface area contributed by atoms with E-state index in [2.05, 4.69) is 9.97 Å². The molecule has 0 spiro atoms. The van der Waals surface area contributed by atoms with Crippen molar-refractivity contribution in [2.24, 2.45) is 0 Å². The fraction of sp³-hybridized carbons (Fsp3) is 0.920. The predicted molar refractivity (Wildman–Crippen MR) is 274 cm³/mol. The number of ketones is 1. The van der Waals surface area contributed by atoms with Crippen molar-refractivity contribution in [2.75, 3.05) is 44.5 Å². The average molecular weight is 1290 g/mol. The Bertz CT molecular complexity index is 2270. The minimum absolute atomic E-state index is 0.0847. The van der Waals surface area contributed by atoms with Crippen molar-refractivity contribution in [1.82, 2.24) is 9.97 Å². The van der Waals surface area contributed by atoms with E-state index in [4.69, 9.17) is 66.3 Å². The monoisotopic (exact) mass is 1280 g/mol. The summed E-state index contributed by atoms with van der Waals surface area (Å²) in [5.74, 6) is 0.0126. The molecule has 22 rings (SSSR count). The summed E-state index contributed by atoms with van der Waals surface area (Å²) in [6, 6.07) is 0. The Balaban J connectivity index is 0.985. The molecular weight excluding hydrogens is 1200 g/mol. The lowest BCUT2D eigenvalue weighted by atomic mass is 9.95. The Morgan fingerprint density at radius 3 is 0.977 bits per heavy atom. The van der Waals surface area contributed by atoms with Gasteiger partial charge in [0.25, 0.3) is 0 Å². The minimum Gasteiger partial charge on any atom is -0.394 e.